The number of alkyl halides is 3. The number of aromatic nitrogens is 2. The predicted molar refractivity (Wildman–Crippen MR) is 103 cm³/mol. The summed E-state index contributed by atoms with van der Waals surface area (Å²) < 4.78 is 42.5. The number of hydrogen-bond acceptors (Lipinski definition) is 2. The number of rotatable bonds is 2. The lowest BCUT2D eigenvalue weighted by molar-refractivity contribution is -0.137. The van der Waals surface area contributed by atoms with Gasteiger partial charge in [0, 0.05) is 41.9 Å². The maximum atomic E-state index is 13.6. The van der Waals surface area contributed by atoms with E-state index >= 15 is 0 Å². The fraction of sp³-hybridized carbons (Fsp3) is 0.333. The van der Waals surface area contributed by atoms with Crippen molar-refractivity contribution in [1.82, 2.24) is 14.3 Å². The van der Waals surface area contributed by atoms with Crippen molar-refractivity contribution in [2.45, 2.75) is 43.9 Å². The van der Waals surface area contributed by atoms with Crippen LogP contribution in [0.25, 0.3) is 16.8 Å². The minimum Gasteiger partial charge on any atom is -0.318 e. The third kappa shape index (κ3) is 3.12. The summed E-state index contributed by atoms with van der Waals surface area (Å²) >= 11 is 0. The molecule has 1 N–H and O–H groups in total. The Morgan fingerprint density at radius 2 is 1.97 bits per heavy atom. The van der Waals surface area contributed by atoms with Crippen molar-refractivity contribution in [3.8, 4) is 11.1 Å². The molecule has 2 atom stereocenters. The van der Waals surface area contributed by atoms with Gasteiger partial charge in [0.25, 0.3) is 0 Å². The van der Waals surface area contributed by atoms with Crippen molar-refractivity contribution in [3.63, 3.8) is 0 Å². The number of piperidine rings is 1. The molecule has 5 rings (SSSR count). The number of benzene rings is 1. The topological polar surface area (TPSA) is 49.6 Å². The SMILES string of the molecule is O=C(Nc1ccc(C(F)(F)F)c(-c2cnc3cccn3c2)c1)N1C2CCCC1C2. The fourth-order valence-corrected chi connectivity index (χ4v) is 4.49. The smallest absolute Gasteiger partial charge is 0.318 e. The van der Waals surface area contributed by atoms with Crippen molar-refractivity contribution in [1.29, 1.82) is 0 Å². The van der Waals surface area contributed by atoms with E-state index in [2.05, 4.69) is 10.3 Å². The lowest BCUT2D eigenvalue weighted by Crippen LogP contribution is -2.62. The number of hydrogen-bond donors (Lipinski definition) is 1. The molecule has 2 unspecified atom stereocenters. The molecule has 0 spiro atoms. The van der Waals surface area contributed by atoms with Crippen molar-refractivity contribution in [2.24, 2.45) is 0 Å². The van der Waals surface area contributed by atoms with Crippen LogP contribution in [0.5, 0.6) is 0 Å². The van der Waals surface area contributed by atoms with Gasteiger partial charge in [-0.1, -0.05) is 0 Å². The lowest BCUT2D eigenvalue weighted by Gasteiger charge is -2.52. The molecule has 2 aliphatic rings. The van der Waals surface area contributed by atoms with Gasteiger partial charge in [-0.2, -0.15) is 13.2 Å². The zero-order valence-electron chi connectivity index (χ0n) is 15.5. The van der Waals surface area contributed by atoms with Crippen molar-refractivity contribution in [3.05, 3.63) is 54.5 Å². The Morgan fingerprint density at radius 3 is 2.69 bits per heavy atom. The van der Waals surface area contributed by atoms with E-state index in [1.165, 1.54) is 18.3 Å². The molecule has 8 heteroatoms. The number of carbonyl (C=O) groups excluding carboxylic acids is 1. The summed E-state index contributed by atoms with van der Waals surface area (Å²) in [5, 5.41) is 2.79. The maximum Gasteiger partial charge on any atom is 0.417 e. The highest BCUT2D eigenvalue weighted by molar-refractivity contribution is 5.91. The molecule has 2 saturated heterocycles. The number of halogens is 3. The molecular formula is C21H19F3N4O. The first-order valence-electron chi connectivity index (χ1n) is 9.64. The summed E-state index contributed by atoms with van der Waals surface area (Å²) in [6.45, 7) is 0. The Balaban J connectivity index is 1.49. The Kier molecular flexibility index (Phi) is 4.04. The molecule has 5 nitrogen and oxygen atoms in total. The van der Waals surface area contributed by atoms with Crippen LogP contribution in [0.3, 0.4) is 0 Å². The highest BCUT2D eigenvalue weighted by Crippen LogP contribution is 2.40. The van der Waals surface area contributed by atoms with Crippen molar-refractivity contribution >= 4 is 17.4 Å². The minimum absolute atomic E-state index is 0.0118. The van der Waals surface area contributed by atoms with Crippen LogP contribution < -0.4 is 5.32 Å². The molecule has 0 aliphatic carbocycles. The summed E-state index contributed by atoms with van der Waals surface area (Å²) in [5.74, 6) is 0. The quantitative estimate of drug-likeness (QED) is 0.645. The number of nitrogens with one attached hydrogen (secondary N) is 1. The van der Waals surface area contributed by atoms with Gasteiger partial charge in [-0.3, -0.25) is 0 Å². The van der Waals surface area contributed by atoms with E-state index in [1.807, 2.05) is 4.90 Å². The van der Waals surface area contributed by atoms with Crippen LogP contribution in [-0.4, -0.2) is 32.4 Å². The number of anilines is 1. The molecule has 3 aromatic rings. The normalized spacial score (nSPS) is 21.1. The van der Waals surface area contributed by atoms with E-state index < -0.39 is 11.7 Å². The maximum absolute atomic E-state index is 13.6. The summed E-state index contributed by atoms with van der Waals surface area (Å²) in [7, 11) is 0. The van der Waals surface area contributed by atoms with E-state index in [0.717, 1.165) is 31.7 Å². The summed E-state index contributed by atoms with van der Waals surface area (Å²) in [4.78, 5) is 18.7. The highest BCUT2D eigenvalue weighted by Gasteiger charge is 2.44. The molecule has 150 valence electrons. The molecule has 2 amide bonds. The molecule has 2 fully saturated rings. The van der Waals surface area contributed by atoms with Crippen molar-refractivity contribution in [2.75, 3.05) is 5.32 Å². The van der Waals surface area contributed by atoms with Crippen molar-refractivity contribution < 1.29 is 18.0 Å². The summed E-state index contributed by atoms with van der Waals surface area (Å²) in [6.07, 6.45) is 4.37. The molecule has 0 saturated carbocycles. The van der Waals surface area contributed by atoms with Gasteiger partial charge in [-0.15, -0.1) is 0 Å². The number of amides is 2. The summed E-state index contributed by atoms with van der Waals surface area (Å²) in [6, 6.07) is 7.51. The first-order chi connectivity index (χ1) is 13.9. The van der Waals surface area contributed by atoms with Gasteiger partial charge >= 0.3 is 12.2 Å². The largest absolute Gasteiger partial charge is 0.417 e. The van der Waals surface area contributed by atoms with Crippen LogP contribution in [0.1, 0.15) is 31.2 Å². The van der Waals surface area contributed by atoms with E-state index in [1.54, 1.807) is 28.9 Å². The average Bonchev–Trinajstić information content (AvgIpc) is 3.15. The summed E-state index contributed by atoms with van der Waals surface area (Å²) in [5.41, 5.74) is 0.552. The molecule has 0 radical (unpaired) electrons. The zero-order valence-corrected chi connectivity index (χ0v) is 15.5. The second-order valence-electron chi connectivity index (χ2n) is 7.69. The molecule has 1 aromatic carbocycles. The third-order valence-corrected chi connectivity index (χ3v) is 5.90. The first kappa shape index (κ1) is 18.0. The van der Waals surface area contributed by atoms with E-state index in [-0.39, 0.29) is 23.7 Å². The second-order valence-corrected chi connectivity index (χ2v) is 7.69. The van der Waals surface area contributed by atoms with Gasteiger partial charge in [0.05, 0.1) is 5.56 Å². The molecule has 2 aromatic heterocycles. The van der Waals surface area contributed by atoms with Gasteiger partial charge in [0.1, 0.15) is 5.65 Å². The number of urea groups is 1. The molecule has 2 bridgehead atoms. The standard InChI is InChI=1S/C21H19F3N4O/c22-21(23,24)18-7-6-14(26-20(29)28-15-3-1-4-16(28)10-15)9-17(18)13-11-25-19-5-2-8-27(19)12-13/h2,5-9,11-12,15-16H,1,3-4,10H2,(H,26,29). The monoisotopic (exact) mass is 400 g/mol. The zero-order chi connectivity index (χ0) is 20.2. The van der Waals surface area contributed by atoms with E-state index in [9.17, 15) is 18.0 Å². The molecule has 2 aliphatic heterocycles. The third-order valence-electron chi connectivity index (χ3n) is 5.90. The fourth-order valence-electron chi connectivity index (χ4n) is 4.49. The number of carbonyl (C=O) groups is 1. The molecule has 4 heterocycles. The van der Waals surface area contributed by atoms with Gasteiger partial charge in [0.15, 0.2) is 0 Å². The highest BCUT2D eigenvalue weighted by atomic mass is 19.4. The first-order valence-corrected chi connectivity index (χ1v) is 9.64. The Morgan fingerprint density at radius 1 is 1.17 bits per heavy atom. The van der Waals surface area contributed by atoms with Crippen LogP contribution in [0, 0.1) is 0 Å². The van der Waals surface area contributed by atoms with Gasteiger partial charge in [-0.25, -0.2) is 9.78 Å². The second kappa shape index (κ2) is 6.50. The van der Waals surface area contributed by atoms with Gasteiger partial charge < -0.3 is 14.6 Å². The Hall–Kier alpha value is -3.03. The number of fused-ring (bicyclic) bond motifs is 3. The number of nitrogens with zero attached hydrogens (tertiary/aromatic N) is 3. The average molecular weight is 400 g/mol. The Labute approximate surface area is 165 Å². The van der Waals surface area contributed by atoms with E-state index in [0.29, 0.717) is 16.9 Å². The van der Waals surface area contributed by atoms with Crippen LogP contribution in [0.2, 0.25) is 0 Å². The van der Waals surface area contributed by atoms with Crippen LogP contribution >= 0.6 is 0 Å². The van der Waals surface area contributed by atoms with Gasteiger partial charge in [0.2, 0.25) is 0 Å². The van der Waals surface area contributed by atoms with Crippen LogP contribution in [0.4, 0.5) is 23.7 Å². The molecular weight excluding hydrogens is 381 g/mol. The minimum atomic E-state index is -4.52. The Bertz CT molecular complexity index is 1080. The lowest BCUT2D eigenvalue weighted by atomic mass is 9.80. The van der Waals surface area contributed by atoms with Gasteiger partial charge in [-0.05, 0) is 61.6 Å². The van der Waals surface area contributed by atoms with Crippen LogP contribution in [-0.2, 0) is 6.18 Å². The molecule has 29 heavy (non-hydrogen) atoms. The van der Waals surface area contributed by atoms with Crippen LogP contribution in [0.15, 0.2) is 48.9 Å². The van der Waals surface area contributed by atoms with E-state index in [4.69, 9.17) is 0 Å². The predicted octanol–water partition coefficient (Wildman–Crippen LogP) is 5.18.